The largest absolute Gasteiger partial charge is 0.494 e. The molecule has 0 N–H and O–H groups in total. The van der Waals surface area contributed by atoms with Crippen LogP contribution >= 0.6 is 0 Å². The fourth-order valence-corrected chi connectivity index (χ4v) is 1.91. The molecule has 1 rings (SSSR count). The van der Waals surface area contributed by atoms with E-state index >= 15 is 0 Å². The van der Waals surface area contributed by atoms with Crippen LogP contribution in [0.25, 0.3) is 0 Å². The van der Waals surface area contributed by atoms with Crippen LogP contribution in [0.5, 0.6) is 5.75 Å². The Balaban J connectivity index is 2.67. The van der Waals surface area contributed by atoms with E-state index in [1.807, 2.05) is 11.8 Å². The summed E-state index contributed by atoms with van der Waals surface area (Å²) in [5.74, 6) is -0.181. The minimum absolute atomic E-state index is 0.0421. The van der Waals surface area contributed by atoms with E-state index in [1.165, 1.54) is 13.2 Å². The monoisotopic (exact) mass is 267 g/mol. The van der Waals surface area contributed by atoms with E-state index in [9.17, 15) is 9.18 Å². The van der Waals surface area contributed by atoms with Crippen LogP contribution in [0.15, 0.2) is 18.2 Å². The maximum Gasteiger partial charge on any atom is 0.226 e. The van der Waals surface area contributed by atoms with Crippen LogP contribution < -0.4 is 4.74 Å². The molecule has 0 atom stereocenters. The zero-order valence-electron chi connectivity index (χ0n) is 11.9. The first-order valence-corrected chi connectivity index (χ1v) is 6.72. The van der Waals surface area contributed by atoms with Crippen LogP contribution in [0.3, 0.4) is 0 Å². The summed E-state index contributed by atoms with van der Waals surface area (Å²) >= 11 is 0. The summed E-state index contributed by atoms with van der Waals surface area (Å²) in [6.07, 6.45) is 2.29. The second-order valence-electron chi connectivity index (χ2n) is 4.47. The Morgan fingerprint density at radius 3 is 2.63 bits per heavy atom. The van der Waals surface area contributed by atoms with E-state index < -0.39 is 5.82 Å². The first kappa shape index (κ1) is 15.5. The fourth-order valence-electron chi connectivity index (χ4n) is 1.91. The molecule has 0 spiro atoms. The quantitative estimate of drug-likeness (QED) is 0.760. The summed E-state index contributed by atoms with van der Waals surface area (Å²) in [7, 11) is 1.42. The van der Waals surface area contributed by atoms with E-state index in [4.69, 9.17) is 4.74 Å². The number of carbonyl (C=O) groups is 1. The highest BCUT2D eigenvalue weighted by molar-refractivity contribution is 5.78. The van der Waals surface area contributed by atoms with E-state index in [2.05, 4.69) is 6.92 Å². The smallest absolute Gasteiger partial charge is 0.226 e. The lowest BCUT2D eigenvalue weighted by Crippen LogP contribution is -2.33. The number of ether oxygens (including phenoxy) is 1. The van der Waals surface area contributed by atoms with Gasteiger partial charge in [0.25, 0.3) is 0 Å². The van der Waals surface area contributed by atoms with E-state index in [-0.39, 0.29) is 18.1 Å². The lowest BCUT2D eigenvalue weighted by molar-refractivity contribution is -0.130. The molecular formula is C15H22FNO2. The number of benzene rings is 1. The van der Waals surface area contributed by atoms with Crippen LogP contribution in [-0.4, -0.2) is 31.0 Å². The van der Waals surface area contributed by atoms with Crippen molar-refractivity contribution in [3.63, 3.8) is 0 Å². The van der Waals surface area contributed by atoms with Crippen molar-refractivity contribution in [3.8, 4) is 5.75 Å². The van der Waals surface area contributed by atoms with Gasteiger partial charge in [0.05, 0.1) is 13.5 Å². The summed E-state index contributed by atoms with van der Waals surface area (Å²) in [5.41, 5.74) is 0.679. The third-order valence-corrected chi connectivity index (χ3v) is 3.09. The van der Waals surface area contributed by atoms with Gasteiger partial charge in [0, 0.05) is 13.1 Å². The summed E-state index contributed by atoms with van der Waals surface area (Å²) in [4.78, 5) is 13.9. The van der Waals surface area contributed by atoms with Crippen molar-refractivity contribution in [2.75, 3.05) is 20.2 Å². The SMILES string of the molecule is CCCCN(CC)C(=O)Cc1ccc(OC)c(F)c1. The van der Waals surface area contributed by atoms with Crippen LogP contribution in [0.4, 0.5) is 4.39 Å². The number of nitrogens with zero attached hydrogens (tertiary/aromatic N) is 1. The average Bonchev–Trinajstić information content (AvgIpc) is 2.40. The van der Waals surface area contributed by atoms with E-state index in [0.29, 0.717) is 12.1 Å². The van der Waals surface area contributed by atoms with Gasteiger partial charge < -0.3 is 9.64 Å². The fraction of sp³-hybridized carbons (Fsp3) is 0.533. The molecule has 0 fully saturated rings. The number of hydrogen-bond acceptors (Lipinski definition) is 2. The molecule has 19 heavy (non-hydrogen) atoms. The van der Waals surface area contributed by atoms with Gasteiger partial charge in [0.1, 0.15) is 0 Å². The number of likely N-dealkylation sites (N-methyl/N-ethyl adjacent to an activating group) is 1. The van der Waals surface area contributed by atoms with Crippen LogP contribution in [-0.2, 0) is 11.2 Å². The first-order chi connectivity index (χ1) is 9.12. The van der Waals surface area contributed by atoms with Crippen LogP contribution in [0.1, 0.15) is 32.3 Å². The molecule has 106 valence electrons. The second kappa shape index (κ2) is 7.77. The molecule has 0 aliphatic carbocycles. The lowest BCUT2D eigenvalue weighted by atomic mass is 10.1. The minimum atomic E-state index is -0.426. The molecule has 0 unspecified atom stereocenters. The van der Waals surface area contributed by atoms with Crippen molar-refractivity contribution in [2.45, 2.75) is 33.1 Å². The van der Waals surface area contributed by atoms with Crippen molar-refractivity contribution in [3.05, 3.63) is 29.6 Å². The molecule has 0 aliphatic rings. The highest BCUT2D eigenvalue weighted by Gasteiger charge is 2.13. The standard InChI is InChI=1S/C15H22FNO2/c1-4-6-9-17(5-2)15(18)11-12-7-8-14(19-3)13(16)10-12/h7-8,10H,4-6,9,11H2,1-3H3. The minimum Gasteiger partial charge on any atom is -0.494 e. The molecule has 0 radical (unpaired) electrons. The maximum atomic E-state index is 13.5. The number of amides is 1. The Morgan fingerprint density at radius 2 is 2.11 bits per heavy atom. The zero-order valence-corrected chi connectivity index (χ0v) is 11.9. The van der Waals surface area contributed by atoms with Crippen LogP contribution in [0.2, 0.25) is 0 Å². The average molecular weight is 267 g/mol. The molecule has 0 aromatic heterocycles. The van der Waals surface area contributed by atoms with Gasteiger partial charge in [-0.1, -0.05) is 19.4 Å². The number of methoxy groups -OCH3 is 1. The first-order valence-electron chi connectivity index (χ1n) is 6.72. The Bertz CT molecular complexity index is 421. The van der Waals surface area contributed by atoms with Gasteiger partial charge in [-0.3, -0.25) is 4.79 Å². The van der Waals surface area contributed by atoms with Gasteiger partial charge >= 0.3 is 0 Å². The van der Waals surface area contributed by atoms with Crippen molar-refractivity contribution in [1.29, 1.82) is 0 Å². The zero-order chi connectivity index (χ0) is 14.3. The van der Waals surface area contributed by atoms with Crippen molar-refractivity contribution in [1.82, 2.24) is 4.90 Å². The Labute approximate surface area is 114 Å². The second-order valence-corrected chi connectivity index (χ2v) is 4.47. The molecule has 0 heterocycles. The van der Waals surface area contributed by atoms with Gasteiger partial charge in [-0.15, -0.1) is 0 Å². The molecule has 0 aliphatic heterocycles. The predicted octanol–water partition coefficient (Wildman–Crippen LogP) is 3.03. The number of halogens is 1. The Hall–Kier alpha value is -1.58. The highest BCUT2D eigenvalue weighted by atomic mass is 19.1. The molecular weight excluding hydrogens is 245 g/mol. The molecule has 0 saturated heterocycles. The van der Waals surface area contributed by atoms with Gasteiger partial charge in [-0.05, 0) is 31.0 Å². The molecule has 0 saturated carbocycles. The van der Waals surface area contributed by atoms with Crippen molar-refractivity contribution >= 4 is 5.91 Å². The summed E-state index contributed by atoms with van der Waals surface area (Å²) < 4.78 is 18.4. The topological polar surface area (TPSA) is 29.5 Å². The van der Waals surface area contributed by atoms with Crippen LogP contribution in [0, 0.1) is 5.82 Å². The Morgan fingerprint density at radius 1 is 1.37 bits per heavy atom. The van der Waals surface area contributed by atoms with Gasteiger partial charge in [0.2, 0.25) is 5.91 Å². The maximum absolute atomic E-state index is 13.5. The summed E-state index contributed by atoms with van der Waals surface area (Å²) in [6.45, 7) is 5.52. The van der Waals surface area contributed by atoms with Crippen molar-refractivity contribution in [2.24, 2.45) is 0 Å². The lowest BCUT2D eigenvalue weighted by Gasteiger charge is -2.20. The van der Waals surface area contributed by atoms with E-state index in [1.54, 1.807) is 12.1 Å². The molecule has 3 nitrogen and oxygen atoms in total. The third-order valence-electron chi connectivity index (χ3n) is 3.09. The number of carbonyl (C=O) groups excluding carboxylic acids is 1. The number of rotatable bonds is 7. The summed E-state index contributed by atoms with van der Waals surface area (Å²) in [6, 6.07) is 4.65. The summed E-state index contributed by atoms with van der Waals surface area (Å²) in [5, 5.41) is 0. The number of unbranched alkanes of at least 4 members (excludes halogenated alkanes) is 1. The molecule has 1 aromatic rings. The normalized spacial score (nSPS) is 10.3. The number of hydrogen-bond donors (Lipinski definition) is 0. The molecule has 1 amide bonds. The third kappa shape index (κ3) is 4.54. The Kier molecular flexibility index (Phi) is 6.33. The van der Waals surface area contributed by atoms with Gasteiger partial charge in [0.15, 0.2) is 11.6 Å². The van der Waals surface area contributed by atoms with Crippen molar-refractivity contribution < 1.29 is 13.9 Å². The highest BCUT2D eigenvalue weighted by Crippen LogP contribution is 2.18. The van der Waals surface area contributed by atoms with E-state index in [0.717, 1.165) is 19.4 Å². The van der Waals surface area contributed by atoms with Gasteiger partial charge in [-0.2, -0.15) is 0 Å². The molecule has 1 aromatic carbocycles. The predicted molar refractivity (Wildman–Crippen MR) is 73.8 cm³/mol. The molecule has 0 bridgehead atoms. The van der Waals surface area contributed by atoms with Gasteiger partial charge in [-0.25, -0.2) is 4.39 Å². The molecule has 4 heteroatoms.